The van der Waals surface area contributed by atoms with Gasteiger partial charge < -0.3 is 9.88 Å². The monoisotopic (exact) mass is 551 g/mol. The Labute approximate surface area is 231 Å². The van der Waals surface area contributed by atoms with E-state index in [0.29, 0.717) is 13.0 Å². The third-order valence-electron chi connectivity index (χ3n) is 6.44. The molecule has 8 heteroatoms. The zero-order valence-corrected chi connectivity index (χ0v) is 23.1. The molecule has 0 saturated heterocycles. The second-order valence-corrected chi connectivity index (χ2v) is 10.5. The Morgan fingerprint density at radius 1 is 0.923 bits per heavy atom. The molecule has 39 heavy (non-hydrogen) atoms. The molecule has 4 aromatic rings. The van der Waals surface area contributed by atoms with Crippen LogP contribution in [-0.4, -0.2) is 27.8 Å². The molecule has 0 radical (unpaired) electrons. The van der Waals surface area contributed by atoms with Crippen molar-refractivity contribution >= 4 is 17.7 Å². The number of hydrogen-bond acceptors (Lipinski definition) is 3. The highest BCUT2D eigenvalue weighted by atomic mass is 32.2. The first-order valence-corrected chi connectivity index (χ1v) is 14.0. The van der Waals surface area contributed by atoms with E-state index < -0.39 is 17.6 Å². The van der Waals surface area contributed by atoms with Gasteiger partial charge in [-0.1, -0.05) is 77.5 Å². The van der Waals surface area contributed by atoms with Crippen LogP contribution in [0, 0.1) is 13.8 Å². The third kappa shape index (κ3) is 7.12. The van der Waals surface area contributed by atoms with Gasteiger partial charge in [0, 0.05) is 35.5 Å². The van der Waals surface area contributed by atoms with Crippen LogP contribution in [0.1, 0.15) is 46.8 Å². The Kier molecular flexibility index (Phi) is 9.17. The van der Waals surface area contributed by atoms with Gasteiger partial charge in [-0.25, -0.2) is 4.98 Å². The van der Waals surface area contributed by atoms with Crippen molar-refractivity contribution in [2.75, 3.05) is 12.3 Å². The quantitative estimate of drug-likeness (QED) is 0.160. The van der Waals surface area contributed by atoms with Gasteiger partial charge in [-0.3, -0.25) is 4.79 Å². The van der Waals surface area contributed by atoms with Crippen molar-refractivity contribution in [1.29, 1.82) is 0 Å². The number of aryl methyl sites for hydroxylation is 2. The van der Waals surface area contributed by atoms with Gasteiger partial charge in [0.25, 0.3) is 5.91 Å². The fourth-order valence-electron chi connectivity index (χ4n) is 4.28. The molecule has 1 N–H and O–H groups in total. The van der Waals surface area contributed by atoms with Crippen LogP contribution in [0.3, 0.4) is 0 Å². The van der Waals surface area contributed by atoms with Gasteiger partial charge in [-0.2, -0.15) is 13.2 Å². The van der Waals surface area contributed by atoms with Crippen LogP contribution in [0.2, 0.25) is 0 Å². The van der Waals surface area contributed by atoms with Gasteiger partial charge in [0.2, 0.25) is 0 Å². The third-order valence-corrected chi connectivity index (χ3v) is 7.50. The van der Waals surface area contributed by atoms with Crippen molar-refractivity contribution in [2.45, 2.75) is 51.5 Å². The van der Waals surface area contributed by atoms with Crippen molar-refractivity contribution in [3.05, 3.63) is 95.1 Å². The predicted octanol–water partition coefficient (Wildman–Crippen LogP) is 8.17. The average molecular weight is 552 g/mol. The normalized spacial score (nSPS) is 11.5. The Morgan fingerprint density at radius 3 is 2.18 bits per heavy atom. The number of aromatic nitrogens is 2. The second-order valence-electron chi connectivity index (χ2n) is 9.46. The van der Waals surface area contributed by atoms with Crippen molar-refractivity contribution in [2.24, 2.45) is 0 Å². The number of imidazole rings is 1. The SMILES string of the molecule is CCn1c(SCCCCNC(=O)c2cccc(C(F)(F)F)c2)nc(-c2ccc(C)cc2)c1-c1ccc(C)cc1. The lowest BCUT2D eigenvalue weighted by Crippen LogP contribution is -2.24. The molecular formula is C31H32F3N3OS. The first-order valence-electron chi connectivity index (χ1n) is 13.0. The number of alkyl halides is 3. The standard InChI is InChI=1S/C31H32F3N3OS/c1-4-37-28(24-16-12-22(3)13-17-24)27(23-14-10-21(2)11-15-23)36-30(37)39-19-6-5-18-35-29(38)25-8-7-9-26(20-25)31(32,33)34/h7-17,20H,4-6,18-19H2,1-3H3,(H,35,38). The molecule has 0 aliphatic rings. The van der Waals surface area contributed by atoms with Crippen LogP contribution in [0.5, 0.6) is 0 Å². The van der Waals surface area contributed by atoms with Gasteiger partial charge in [-0.05, 0) is 51.8 Å². The van der Waals surface area contributed by atoms with E-state index in [9.17, 15) is 18.0 Å². The maximum absolute atomic E-state index is 12.9. The summed E-state index contributed by atoms with van der Waals surface area (Å²) in [5.41, 5.74) is 5.82. The van der Waals surface area contributed by atoms with E-state index in [2.05, 4.69) is 79.2 Å². The Hall–Kier alpha value is -3.52. The largest absolute Gasteiger partial charge is 0.416 e. The van der Waals surface area contributed by atoms with Crippen molar-refractivity contribution in [3.63, 3.8) is 0 Å². The number of nitrogens with zero attached hydrogens (tertiary/aromatic N) is 2. The summed E-state index contributed by atoms with van der Waals surface area (Å²) in [5, 5.41) is 3.67. The van der Waals surface area contributed by atoms with Gasteiger partial charge in [0.05, 0.1) is 17.0 Å². The number of hydrogen-bond donors (Lipinski definition) is 1. The van der Waals surface area contributed by atoms with Gasteiger partial charge >= 0.3 is 6.18 Å². The summed E-state index contributed by atoms with van der Waals surface area (Å²) in [6.45, 7) is 7.42. The molecule has 0 fully saturated rings. The minimum atomic E-state index is -4.48. The number of carbonyl (C=O) groups is 1. The van der Waals surface area contributed by atoms with Gasteiger partial charge in [0.1, 0.15) is 0 Å². The lowest BCUT2D eigenvalue weighted by atomic mass is 10.0. The summed E-state index contributed by atoms with van der Waals surface area (Å²) in [7, 11) is 0. The fourth-order valence-corrected chi connectivity index (χ4v) is 5.35. The molecule has 0 bridgehead atoms. The molecule has 0 saturated carbocycles. The van der Waals surface area contributed by atoms with Crippen LogP contribution in [0.4, 0.5) is 13.2 Å². The van der Waals surface area contributed by atoms with Crippen molar-refractivity contribution in [1.82, 2.24) is 14.9 Å². The van der Waals surface area contributed by atoms with E-state index in [4.69, 9.17) is 4.98 Å². The minimum Gasteiger partial charge on any atom is -0.352 e. The maximum Gasteiger partial charge on any atom is 0.416 e. The molecule has 3 aromatic carbocycles. The topological polar surface area (TPSA) is 46.9 Å². The van der Waals surface area contributed by atoms with Crippen LogP contribution in [0.15, 0.2) is 78.0 Å². The first-order chi connectivity index (χ1) is 18.7. The predicted molar refractivity (Wildman–Crippen MR) is 152 cm³/mol. The molecule has 0 unspecified atom stereocenters. The number of unbranched alkanes of at least 4 members (excludes halogenated alkanes) is 1. The van der Waals surface area contributed by atoms with Gasteiger partial charge in [-0.15, -0.1) is 0 Å². The van der Waals surface area contributed by atoms with E-state index in [1.165, 1.54) is 23.3 Å². The molecule has 0 aliphatic heterocycles. The number of carbonyl (C=O) groups excluding carboxylic acids is 1. The summed E-state index contributed by atoms with van der Waals surface area (Å²) in [6, 6.07) is 21.4. The molecule has 0 spiro atoms. The minimum absolute atomic E-state index is 0.0106. The zero-order valence-electron chi connectivity index (χ0n) is 22.3. The number of nitrogens with one attached hydrogen (secondary N) is 1. The highest BCUT2D eigenvalue weighted by Gasteiger charge is 2.30. The number of rotatable bonds is 10. The summed E-state index contributed by atoms with van der Waals surface area (Å²) in [5.74, 6) is 0.303. The molecule has 4 nitrogen and oxygen atoms in total. The second kappa shape index (κ2) is 12.6. The first kappa shape index (κ1) is 28.5. The number of thioether (sulfide) groups is 1. The van der Waals surface area contributed by atoms with Crippen LogP contribution < -0.4 is 5.32 Å². The Bertz CT molecular complexity index is 1410. The van der Waals surface area contributed by atoms with Crippen LogP contribution in [-0.2, 0) is 12.7 Å². The smallest absolute Gasteiger partial charge is 0.352 e. The van der Waals surface area contributed by atoms with E-state index in [-0.39, 0.29) is 5.56 Å². The van der Waals surface area contributed by atoms with Crippen molar-refractivity contribution < 1.29 is 18.0 Å². The highest BCUT2D eigenvalue weighted by Crippen LogP contribution is 2.36. The van der Waals surface area contributed by atoms with E-state index in [1.807, 2.05) is 0 Å². The number of benzene rings is 3. The molecule has 1 heterocycles. The molecule has 1 aromatic heterocycles. The van der Waals surface area contributed by atoms with Gasteiger partial charge in [0.15, 0.2) is 5.16 Å². The fraction of sp³-hybridized carbons (Fsp3) is 0.290. The lowest BCUT2D eigenvalue weighted by Gasteiger charge is -2.11. The average Bonchev–Trinajstić information content (AvgIpc) is 3.29. The summed E-state index contributed by atoms with van der Waals surface area (Å²) in [4.78, 5) is 17.4. The highest BCUT2D eigenvalue weighted by molar-refractivity contribution is 7.99. The van der Waals surface area contributed by atoms with Crippen molar-refractivity contribution in [3.8, 4) is 22.5 Å². The summed E-state index contributed by atoms with van der Waals surface area (Å²) < 4.78 is 41.0. The zero-order chi connectivity index (χ0) is 28.0. The molecule has 1 amide bonds. The van der Waals surface area contributed by atoms with Crippen LogP contribution >= 0.6 is 11.8 Å². The van der Waals surface area contributed by atoms with E-state index >= 15 is 0 Å². The van der Waals surface area contributed by atoms with E-state index in [0.717, 1.165) is 58.5 Å². The lowest BCUT2D eigenvalue weighted by molar-refractivity contribution is -0.137. The Balaban J connectivity index is 1.41. The summed E-state index contributed by atoms with van der Waals surface area (Å²) in [6.07, 6.45) is -2.94. The molecule has 204 valence electrons. The summed E-state index contributed by atoms with van der Waals surface area (Å²) >= 11 is 1.68. The molecule has 0 aliphatic carbocycles. The molecule has 4 rings (SSSR count). The van der Waals surface area contributed by atoms with E-state index in [1.54, 1.807) is 11.8 Å². The maximum atomic E-state index is 12.9. The number of halogens is 3. The van der Waals surface area contributed by atoms with Crippen LogP contribution in [0.25, 0.3) is 22.5 Å². The molecule has 0 atom stereocenters. The number of amides is 1. The Morgan fingerprint density at radius 2 is 1.56 bits per heavy atom. The molecular weight excluding hydrogens is 519 g/mol.